The lowest BCUT2D eigenvalue weighted by atomic mass is 10.0. The fourth-order valence-electron chi connectivity index (χ4n) is 3.61. The molecule has 0 aromatic rings. The predicted molar refractivity (Wildman–Crippen MR) is 112 cm³/mol. The van der Waals surface area contributed by atoms with Gasteiger partial charge in [0.25, 0.3) is 0 Å². The summed E-state index contributed by atoms with van der Waals surface area (Å²) in [6.07, 6.45) is 21.5. The van der Waals surface area contributed by atoms with Crippen molar-refractivity contribution in [3.63, 3.8) is 0 Å². The number of aliphatic imine (C=N–C) groups is 1. The van der Waals surface area contributed by atoms with Crippen molar-refractivity contribution in [2.45, 2.75) is 110 Å². The minimum atomic E-state index is -0.916. The molecule has 2 atom stereocenters. The molecule has 0 saturated heterocycles. The maximum atomic E-state index is 12.4. The Kier molecular flexibility index (Phi) is 12.9. The third kappa shape index (κ3) is 9.29. The quantitative estimate of drug-likeness (QED) is 0.155. The van der Waals surface area contributed by atoms with Crippen molar-refractivity contribution in [3.8, 4) is 0 Å². The van der Waals surface area contributed by atoms with Gasteiger partial charge in [-0.1, -0.05) is 89.7 Å². The number of nitrogens with zero attached hydrogens (tertiary/aromatic N) is 2. The molecule has 2 unspecified atom stereocenters. The SMILES string of the molecule is CCCCCCCCCCCCCCC=CCC1=NCC[N+]1([O-])C(C)O. The number of aliphatic hydroxyl groups excluding tert-OH is 1. The average Bonchev–Trinajstić information content (AvgIpc) is 3.00. The summed E-state index contributed by atoms with van der Waals surface area (Å²) in [5.74, 6) is 0.575. The number of unbranched alkanes of at least 4 members (excludes halogenated alkanes) is 12. The fourth-order valence-corrected chi connectivity index (χ4v) is 3.61. The number of hydrogen-bond acceptors (Lipinski definition) is 3. The van der Waals surface area contributed by atoms with Gasteiger partial charge < -0.3 is 10.3 Å². The summed E-state index contributed by atoms with van der Waals surface area (Å²) in [5.41, 5.74) is 0. The molecule has 0 bridgehead atoms. The lowest BCUT2D eigenvalue weighted by molar-refractivity contribution is -0.836. The zero-order chi connectivity index (χ0) is 19.1. The van der Waals surface area contributed by atoms with E-state index in [0.29, 0.717) is 25.3 Å². The molecule has 0 amide bonds. The maximum Gasteiger partial charge on any atom is 0.204 e. The lowest BCUT2D eigenvalue weighted by Crippen LogP contribution is -2.51. The molecule has 26 heavy (non-hydrogen) atoms. The number of amidine groups is 1. The average molecular weight is 367 g/mol. The number of hydrogen-bond donors (Lipinski definition) is 1. The van der Waals surface area contributed by atoms with Gasteiger partial charge in [-0.3, -0.25) is 4.65 Å². The first kappa shape index (κ1) is 23.3. The van der Waals surface area contributed by atoms with Gasteiger partial charge >= 0.3 is 0 Å². The van der Waals surface area contributed by atoms with E-state index >= 15 is 0 Å². The first-order chi connectivity index (χ1) is 12.6. The van der Waals surface area contributed by atoms with Gasteiger partial charge in [-0.2, -0.15) is 0 Å². The first-order valence-corrected chi connectivity index (χ1v) is 11.1. The molecule has 0 aromatic carbocycles. The Balaban J connectivity index is 1.91. The molecule has 1 aliphatic heterocycles. The molecule has 0 aliphatic carbocycles. The molecule has 152 valence electrons. The van der Waals surface area contributed by atoms with E-state index in [4.69, 9.17) is 0 Å². The van der Waals surface area contributed by atoms with Crippen LogP contribution in [0.5, 0.6) is 0 Å². The Labute approximate surface area is 161 Å². The summed E-state index contributed by atoms with van der Waals surface area (Å²) >= 11 is 0. The number of rotatable bonds is 16. The highest BCUT2D eigenvalue weighted by atomic mass is 16.6. The van der Waals surface area contributed by atoms with Crippen LogP contribution in [0.1, 0.15) is 104 Å². The monoisotopic (exact) mass is 366 g/mol. The number of aliphatic hydroxyl groups is 1. The first-order valence-electron chi connectivity index (χ1n) is 11.1. The summed E-state index contributed by atoms with van der Waals surface area (Å²) < 4.78 is -0.650. The highest BCUT2D eigenvalue weighted by Crippen LogP contribution is 2.20. The van der Waals surface area contributed by atoms with Crippen LogP contribution in [0.15, 0.2) is 17.1 Å². The van der Waals surface area contributed by atoms with Crippen molar-refractivity contribution in [2.75, 3.05) is 13.1 Å². The van der Waals surface area contributed by atoms with Crippen LogP contribution < -0.4 is 0 Å². The van der Waals surface area contributed by atoms with Crippen LogP contribution in [0.2, 0.25) is 0 Å². The van der Waals surface area contributed by atoms with E-state index in [9.17, 15) is 10.3 Å². The smallest absolute Gasteiger partial charge is 0.204 e. The van der Waals surface area contributed by atoms with Crippen LogP contribution in [0.4, 0.5) is 0 Å². The van der Waals surface area contributed by atoms with Crippen molar-refractivity contribution in [3.05, 3.63) is 17.4 Å². The molecule has 0 fully saturated rings. The molecule has 0 saturated carbocycles. The van der Waals surface area contributed by atoms with Crippen molar-refractivity contribution < 1.29 is 9.75 Å². The van der Waals surface area contributed by atoms with Crippen molar-refractivity contribution in [1.29, 1.82) is 0 Å². The maximum absolute atomic E-state index is 12.4. The second-order valence-corrected chi connectivity index (χ2v) is 7.80. The van der Waals surface area contributed by atoms with Crippen LogP contribution in [-0.4, -0.2) is 34.9 Å². The van der Waals surface area contributed by atoms with Gasteiger partial charge in [0.2, 0.25) is 5.84 Å². The molecule has 4 nitrogen and oxygen atoms in total. The number of quaternary nitrogens is 1. The van der Waals surface area contributed by atoms with Gasteiger partial charge in [-0.05, 0) is 12.8 Å². The number of hydroxylamine groups is 3. The van der Waals surface area contributed by atoms with Gasteiger partial charge in [0.15, 0.2) is 6.23 Å². The van der Waals surface area contributed by atoms with E-state index in [2.05, 4.69) is 24.1 Å². The third-order valence-electron chi connectivity index (χ3n) is 5.46. The fraction of sp³-hybridized carbons (Fsp3) is 0.864. The van der Waals surface area contributed by atoms with Crippen LogP contribution in [0.3, 0.4) is 0 Å². The van der Waals surface area contributed by atoms with Crippen LogP contribution in [-0.2, 0) is 0 Å². The Morgan fingerprint density at radius 2 is 1.50 bits per heavy atom. The summed E-state index contributed by atoms with van der Waals surface area (Å²) in [6, 6.07) is 0. The van der Waals surface area contributed by atoms with Crippen LogP contribution >= 0.6 is 0 Å². The molecule has 4 heteroatoms. The van der Waals surface area contributed by atoms with Crippen LogP contribution in [0.25, 0.3) is 0 Å². The normalized spacial score (nSPS) is 21.5. The standard InChI is InChI=1S/C22H42N2O2/c1-3-4-5-6-7-8-9-10-11-12-13-14-15-16-17-18-22-23-19-20-24(22,26)21(2)25/h16-17,21,25H,3-15,18-20H2,1-2H3. The van der Waals surface area contributed by atoms with Crippen LogP contribution in [0, 0.1) is 5.21 Å². The molecular weight excluding hydrogens is 324 g/mol. The van der Waals surface area contributed by atoms with Gasteiger partial charge in [-0.15, -0.1) is 0 Å². The Morgan fingerprint density at radius 1 is 0.962 bits per heavy atom. The molecule has 1 N–H and O–H groups in total. The highest BCUT2D eigenvalue weighted by molar-refractivity contribution is 5.78. The van der Waals surface area contributed by atoms with E-state index < -0.39 is 10.9 Å². The minimum Gasteiger partial charge on any atom is -0.624 e. The minimum absolute atomic E-state index is 0.375. The van der Waals surface area contributed by atoms with Gasteiger partial charge in [0, 0.05) is 6.92 Å². The summed E-state index contributed by atoms with van der Waals surface area (Å²) in [5, 5.41) is 22.1. The molecule has 1 rings (SSSR count). The molecular formula is C22H42N2O2. The molecule has 1 aliphatic rings. The van der Waals surface area contributed by atoms with Crippen molar-refractivity contribution in [1.82, 2.24) is 0 Å². The van der Waals surface area contributed by atoms with E-state index in [1.165, 1.54) is 77.0 Å². The van der Waals surface area contributed by atoms with Crippen molar-refractivity contribution >= 4 is 5.84 Å². The molecule has 0 spiro atoms. The Hall–Kier alpha value is -0.710. The third-order valence-corrected chi connectivity index (χ3v) is 5.46. The Bertz CT molecular complexity index is 407. The topological polar surface area (TPSA) is 55.7 Å². The zero-order valence-electron chi connectivity index (χ0n) is 17.3. The predicted octanol–water partition coefficient (Wildman–Crippen LogP) is 6.09. The molecule has 1 heterocycles. The second kappa shape index (κ2) is 14.4. The molecule has 0 radical (unpaired) electrons. The van der Waals surface area contributed by atoms with Crippen molar-refractivity contribution in [2.24, 2.45) is 4.99 Å². The summed E-state index contributed by atoms with van der Waals surface area (Å²) in [7, 11) is 0. The number of allylic oxidation sites excluding steroid dienone is 1. The van der Waals surface area contributed by atoms with E-state index in [1.807, 2.05) is 0 Å². The van der Waals surface area contributed by atoms with E-state index in [-0.39, 0.29) is 0 Å². The Morgan fingerprint density at radius 3 is 2.04 bits per heavy atom. The van der Waals surface area contributed by atoms with Gasteiger partial charge in [-0.25, -0.2) is 4.99 Å². The summed E-state index contributed by atoms with van der Waals surface area (Å²) in [4.78, 5) is 4.28. The highest BCUT2D eigenvalue weighted by Gasteiger charge is 2.33. The van der Waals surface area contributed by atoms with E-state index in [1.54, 1.807) is 6.92 Å². The molecule has 0 aromatic heterocycles. The van der Waals surface area contributed by atoms with E-state index in [0.717, 1.165) is 6.42 Å². The second-order valence-electron chi connectivity index (χ2n) is 7.80. The summed E-state index contributed by atoms with van der Waals surface area (Å²) in [6.45, 7) is 4.74. The lowest BCUT2D eigenvalue weighted by Gasteiger charge is -2.40. The largest absolute Gasteiger partial charge is 0.624 e. The van der Waals surface area contributed by atoms with Gasteiger partial charge in [0.05, 0.1) is 13.0 Å². The van der Waals surface area contributed by atoms with Gasteiger partial charge in [0.1, 0.15) is 6.54 Å². The zero-order valence-corrected chi connectivity index (χ0v) is 17.3.